The number of carbonyl (C=O) groups is 1. The van der Waals surface area contributed by atoms with Crippen molar-refractivity contribution in [3.05, 3.63) is 63.6 Å². The SMILES string of the molecule is CCCS(=O)(=O)c1ccc(C(NC(=O)c2ccc(Cl)cc2Cl)C2CC2)cc1. The molecule has 7 heteroatoms. The van der Waals surface area contributed by atoms with E-state index in [9.17, 15) is 13.2 Å². The minimum Gasteiger partial charge on any atom is -0.345 e. The first-order valence-corrected chi connectivity index (χ1v) is 11.3. The van der Waals surface area contributed by atoms with Gasteiger partial charge >= 0.3 is 0 Å². The molecule has 1 aliphatic carbocycles. The molecule has 3 rings (SSSR count). The van der Waals surface area contributed by atoms with Crippen LogP contribution in [0.15, 0.2) is 47.4 Å². The highest BCUT2D eigenvalue weighted by molar-refractivity contribution is 7.91. The standard InChI is InChI=1S/C20H21Cl2NO3S/c1-2-11-27(25,26)16-8-5-14(6-9-16)19(13-3-4-13)23-20(24)17-10-7-15(21)12-18(17)22/h5-10,12-13,19H,2-4,11H2,1H3,(H,23,24). The van der Waals surface area contributed by atoms with Crippen molar-refractivity contribution in [3.8, 4) is 0 Å². The Kier molecular flexibility index (Phi) is 6.14. The van der Waals surface area contributed by atoms with Crippen LogP contribution in [0.4, 0.5) is 0 Å². The predicted molar refractivity (Wildman–Crippen MR) is 108 cm³/mol. The maximum Gasteiger partial charge on any atom is 0.253 e. The third kappa shape index (κ3) is 4.84. The molecule has 2 aromatic carbocycles. The topological polar surface area (TPSA) is 63.2 Å². The molecule has 1 aliphatic rings. The fraction of sp³-hybridized carbons (Fsp3) is 0.350. The number of carbonyl (C=O) groups excluding carboxylic acids is 1. The summed E-state index contributed by atoms with van der Waals surface area (Å²) in [6, 6.07) is 11.4. The molecule has 144 valence electrons. The van der Waals surface area contributed by atoms with E-state index in [2.05, 4.69) is 5.32 Å². The van der Waals surface area contributed by atoms with Crippen molar-refractivity contribution < 1.29 is 13.2 Å². The second-order valence-electron chi connectivity index (χ2n) is 6.80. The summed E-state index contributed by atoms with van der Waals surface area (Å²) in [5, 5.41) is 3.81. The van der Waals surface area contributed by atoms with Gasteiger partial charge in [-0.05, 0) is 61.1 Å². The molecule has 4 nitrogen and oxygen atoms in total. The van der Waals surface area contributed by atoms with E-state index in [0.717, 1.165) is 18.4 Å². The van der Waals surface area contributed by atoms with Crippen molar-refractivity contribution in [2.45, 2.75) is 37.1 Å². The summed E-state index contributed by atoms with van der Waals surface area (Å²) >= 11 is 12.0. The second-order valence-corrected chi connectivity index (χ2v) is 9.75. The number of hydrogen-bond donors (Lipinski definition) is 1. The lowest BCUT2D eigenvalue weighted by Crippen LogP contribution is -2.30. The van der Waals surface area contributed by atoms with E-state index in [1.165, 1.54) is 6.07 Å². The van der Waals surface area contributed by atoms with Gasteiger partial charge in [-0.2, -0.15) is 0 Å². The zero-order valence-corrected chi connectivity index (χ0v) is 17.2. The zero-order valence-electron chi connectivity index (χ0n) is 14.9. The Bertz CT molecular complexity index is 938. The van der Waals surface area contributed by atoms with Crippen LogP contribution in [0.3, 0.4) is 0 Å². The van der Waals surface area contributed by atoms with E-state index in [4.69, 9.17) is 23.2 Å². The number of amides is 1. The third-order valence-electron chi connectivity index (χ3n) is 4.63. The van der Waals surface area contributed by atoms with Crippen molar-refractivity contribution in [2.75, 3.05) is 5.75 Å². The lowest BCUT2D eigenvalue weighted by Gasteiger charge is -2.20. The number of rotatable bonds is 7. The van der Waals surface area contributed by atoms with Gasteiger partial charge < -0.3 is 5.32 Å². The first kappa shape index (κ1) is 20.2. The molecular formula is C20H21Cl2NO3S. The minimum atomic E-state index is -3.25. The Labute approximate surface area is 169 Å². The van der Waals surface area contributed by atoms with E-state index in [-0.39, 0.29) is 17.7 Å². The summed E-state index contributed by atoms with van der Waals surface area (Å²) in [6.07, 6.45) is 2.62. The van der Waals surface area contributed by atoms with Crippen LogP contribution >= 0.6 is 23.2 Å². The molecule has 0 spiro atoms. The molecule has 0 radical (unpaired) electrons. The van der Waals surface area contributed by atoms with E-state index in [1.54, 1.807) is 36.4 Å². The molecular weight excluding hydrogens is 405 g/mol. The number of sulfone groups is 1. The maximum atomic E-state index is 12.7. The van der Waals surface area contributed by atoms with Gasteiger partial charge in [-0.15, -0.1) is 0 Å². The van der Waals surface area contributed by atoms with Crippen LogP contribution in [0, 0.1) is 5.92 Å². The van der Waals surface area contributed by atoms with Gasteiger partial charge in [0, 0.05) is 5.02 Å². The van der Waals surface area contributed by atoms with Crippen LogP contribution in [0.2, 0.25) is 10.0 Å². The highest BCUT2D eigenvalue weighted by Crippen LogP contribution is 2.41. The lowest BCUT2D eigenvalue weighted by atomic mass is 10.0. The highest BCUT2D eigenvalue weighted by Gasteiger charge is 2.34. The van der Waals surface area contributed by atoms with Crippen LogP contribution in [-0.4, -0.2) is 20.1 Å². The summed E-state index contributed by atoms with van der Waals surface area (Å²) in [4.78, 5) is 13.0. The summed E-state index contributed by atoms with van der Waals surface area (Å²) in [7, 11) is -3.25. The van der Waals surface area contributed by atoms with Crippen LogP contribution in [0.1, 0.15) is 48.1 Å². The monoisotopic (exact) mass is 425 g/mol. The normalized spacial score (nSPS) is 15.4. The summed E-state index contributed by atoms with van der Waals surface area (Å²) < 4.78 is 24.4. The number of hydrogen-bond acceptors (Lipinski definition) is 3. The lowest BCUT2D eigenvalue weighted by molar-refractivity contribution is 0.0932. The predicted octanol–water partition coefficient (Wildman–Crippen LogP) is 5.06. The van der Waals surface area contributed by atoms with Crippen molar-refractivity contribution in [2.24, 2.45) is 5.92 Å². The van der Waals surface area contributed by atoms with Crippen LogP contribution in [0.5, 0.6) is 0 Å². The van der Waals surface area contributed by atoms with Crippen molar-refractivity contribution >= 4 is 38.9 Å². The quantitative estimate of drug-likeness (QED) is 0.673. The van der Waals surface area contributed by atoms with Gasteiger partial charge in [0.05, 0.1) is 27.3 Å². The molecule has 2 aromatic rings. The summed E-state index contributed by atoms with van der Waals surface area (Å²) in [5.41, 5.74) is 1.26. The average Bonchev–Trinajstić information content (AvgIpc) is 3.44. The first-order valence-electron chi connectivity index (χ1n) is 8.90. The van der Waals surface area contributed by atoms with Gasteiger partial charge in [0.1, 0.15) is 0 Å². The number of benzene rings is 2. The Morgan fingerprint density at radius 3 is 2.37 bits per heavy atom. The molecule has 0 bridgehead atoms. The van der Waals surface area contributed by atoms with Crippen molar-refractivity contribution in [3.63, 3.8) is 0 Å². The van der Waals surface area contributed by atoms with Crippen LogP contribution < -0.4 is 5.32 Å². The van der Waals surface area contributed by atoms with Gasteiger partial charge in [-0.1, -0.05) is 42.3 Å². The van der Waals surface area contributed by atoms with Gasteiger partial charge in [0.2, 0.25) is 0 Å². The van der Waals surface area contributed by atoms with E-state index in [1.807, 2.05) is 6.92 Å². The van der Waals surface area contributed by atoms with E-state index < -0.39 is 9.84 Å². The molecule has 0 aromatic heterocycles. The summed E-state index contributed by atoms with van der Waals surface area (Å²) in [5.74, 6) is 0.207. The van der Waals surface area contributed by atoms with E-state index >= 15 is 0 Å². The third-order valence-corrected chi connectivity index (χ3v) is 7.11. The molecule has 0 aliphatic heterocycles. The molecule has 1 saturated carbocycles. The largest absolute Gasteiger partial charge is 0.345 e. The van der Waals surface area contributed by atoms with Gasteiger partial charge in [0.15, 0.2) is 9.84 Å². The van der Waals surface area contributed by atoms with Crippen LogP contribution in [0.25, 0.3) is 0 Å². The van der Waals surface area contributed by atoms with Gasteiger partial charge in [0.25, 0.3) is 5.91 Å². The van der Waals surface area contributed by atoms with Gasteiger partial charge in [-0.25, -0.2) is 8.42 Å². The second kappa shape index (κ2) is 8.21. The van der Waals surface area contributed by atoms with Crippen molar-refractivity contribution in [1.29, 1.82) is 0 Å². The molecule has 0 saturated heterocycles. The molecule has 1 N–H and O–H groups in total. The Morgan fingerprint density at radius 2 is 1.81 bits per heavy atom. The Morgan fingerprint density at radius 1 is 1.15 bits per heavy atom. The van der Waals surface area contributed by atoms with Crippen molar-refractivity contribution in [1.82, 2.24) is 5.32 Å². The maximum absolute atomic E-state index is 12.7. The molecule has 27 heavy (non-hydrogen) atoms. The number of halogens is 2. The smallest absolute Gasteiger partial charge is 0.253 e. The molecule has 1 fully saturated rings. The fourth-order valence-electron chi connectivity index (χ4n) is 3.06. The Balaban J connectivity index is 1.81. The Hall–Kier alpha value is -1.56. The molecule has 1 atom stereocenters. The highest BCUT2D eigenvalue weighted by atomic mass is 35.5. The fourth-order valence-corrected chi connectivity index (χ4v) is 4.88. The van der Waals surface area contributed by atoms with Crippen LogP contribution in [-0.2, 0) is 9.84 Å². The average molecular weight is 426 g/mol. The zero-order chi connectivity index (χ0) is 19.6. The minimum absolute atomic E-state index is 0.129. The molecule has 1 unspecified atom stereocenters. The number of nitrogens with one attached hydrogen (secondary N) is 1. The summed E-state index contributed by atoms with van der Waals surface area (Å²) in [6.45, 7) is 1.84. The molecule has 0 heterocycles. The first-order chi connectivity index (χ1) is 12.8. The molecule has 1 amide bonds. The van der Waals surface area contributed by atoms with E-state index in [0.29, 0.717) is 32.8 Å². The van der Waals surface area contributed by atoms with Gasteiger partial charge in [-0.3, -0.25) is 4.79 Å².